The maximum Gasteiger partial charge on any atom is 0.333 e. The minimum Gasteiger partial charge on any atom is -0.744 e. The predicted octanol–water partition coefficient (Wildman–Crippen LogP) is 8.48. The van der Waals surface area contributed by atoms with Gasteiger partial charge in [-0.1, -0.05) is 60.7 Å². The molecule has 0 spiro atoms. The highest BCUT2D eigenvalue weighted by molar-refractivity contribution is 7.85. The van der Waals surface area contributed by atoms with Gasteiger partial charge in [0.15, 0.2) is 5.71 Å². The van der Waals surface area contributed by atoms with Crippen LogP contribution < -0.4 is 9.64 Å². The molecule has 17 heteroatoms. The summed E-state index contributed by atoms with van der Waals surface area (Å²) in [6.45, 7) is 16.2. The summed E-state index contributed by atoms with van der Waals surface area (Å²) in [5, 5.41) is 0.559. The molecule has 4 aliphatic heterocycles. The molecule has 4 heterocycles. The molecule has 3 aromatic rings. The summed E-state index contributed by atoms with van der Waals surface area (Å²) in [5.41, 5.74) is 7.60. The predicted molar refractivity (Wildman–Crippen MR) is 281 cm³/mol. The quantitative estimate of drug-likeness (QED) is 0.0233. The van der Waals surface area contributed by atoms with Gasteiger partial charge >= 0.3 is 5.97 Å². The lowest BCUT2D eigenvalue weighted by Crippen LogP contribution is -2.46. The Morgan fingerprint density at radius 1 is 0.797 bits per heavy atom. The first-order valence-corrected chi connectivity index (χ1v) is 26.7. The second-order valence-electron chi connectivity index (χ2n) is 19.4. The Hall–Kier alpha value is -6.05. The van der Waals surface area contributed by atoms with Crippen LogP contribution >= 0.6 is 0 Å². The molecule has 1 fully saturated rings. The third-order valence-electron chi connectivity index (χ3n) is 13.3. The monoisotopic (exact) mass is 1040 g/mol. The normalized spacial score (nSPS) is 17.5. The van der Waals surface area contributed by atoms with Crippen LogP contribution in [-0.4, -0.2) is 131 Å². The van der Waals surface area contributed by atoms with E-state index in [0.717, 1.165) is 56.4 Å². The summed E-state index contributed by atoms with van der Waals surface area (Å²) in [5.74, 6) is -0.234. The average Bonchev–Trinajstić information content (AvgIpc) is 3.79. The Morgan fingerprint density at radius 2 is 1.46 bits per heavy atom. The molecule has 0 unspecified atom stereocenters. The number of carbonyl (C=O) groups is 3. The van der Waals surface area contributed by atoms with Crippen molar-refractivity contribution in [3.63, 3.8) is 0 Å². The van der Waals surface area contributed by atoms with Crippen LogP contribution in [-0.2, 0) is 58.4 Å². The van der Waals surface area contributed by atoms with Crippen LogP contribution in [0.1, 0.15) is 95.4 Å². The van der Waals surface area contributed by atoms with Gasteiger partial charge < -0.3 is 42.7 Å². The van der Waals surface area contributed by atoms with Crippen molar-refractivity contribution in [2.75, 3.05) is 84.6 Å². The number of fused-ring (bicyclic) bond motifs is 3. The Kier molecular flexibility index (Phi) is 19.2. The molecule has 2 amide bonds. The molecule has 7 rings (SSSR count). The number of imide groups is 1. The van der Waals surface area contributed by atoms with Crippen LogP contribution in [0.4, 0.5) is 11.4 Å². The van der Waals surface area contributed by atoms with Gasteiger partial charge in [0.1, 0.15) is 28.2 Å². The highest BCUT2D eigenvalue weighted by Crippen LogP contribution is 2.47. The lowest BCUT2D eigenvalue weighted by molar-refractivity contribution is -0.438. The minimum absolute atomic E-state index is 0.0278. The van der Waals surface area contributed by atoms with E-state index in [9.17, 15) is 27.4 Å². The topological polar surface area (TPSA) is 183 Å². The number of unbranched alkanes of at least 4 members (excludes halogenated alkanes) is 2. The fourth-order valence-corrected chi connectivity index (χ4v) is 10.1. The van der Waals surface area contributed by atoms with Crippen LogP contribution in [0.3, 0.4) is 0 Å². The smallest absolute Gasteiger partial charge is 0.333 e. The Labute approximate surface area is 435 Å². The van der Waals surface area contributed by atoms with Crippen LogP contribution in [0.25, 0.3) is 16.9 Å². The summed E-state index contributed by atoms with van der Waals surface area (Å²) in [7, 11) is -3.06. The Morgan fingerprint density at radius 3 is 2.12 bits per heavy atom. The third kappa shape index (κ3) is 14.0. The highest BCUT2D eigenvalue weighted by atomic mass is 32.2. The zero-order valence-electron chi connectivity index (χ0n) is 43.4. The van der Waals surface area contributed by atoms with Crippen LogP contribution in [0.5, 0.6) is 5.75 Å². The van der Waals surface area contributed by atoms with Gasteiger partial charge in [-0.2, -0.15) is 4.58 Å². The summed E-state index contributed by atoms with van der Waals surface area (Å²) in [6, 6.07) is 18.8. The molecule has 1 saturated heterocycles. The molecular formula is C57H69N3O13S. The molecule has 3 aromatic carbocycles. The van der Waals surface area contributed by atoms with Gasteiger partial charge in [0.05, 0.1) is 75.3 Å². The fraction of sp³-hybridized carbons (Fsp3) is 0.439. The number of hydrogen-bond donors (Lipinski definition) is 0. The molecule has 0 aliphatic carbocycles. The van der Waals surface area contributed by atoms with Gasteiger partial charge in [-0.25, -0.2) is 13.2 Å². The first-order chi connectivity index (χ1) is 35.5. The van der Waals surface area contributed by atoms with E-state index in [-0.39, 0.29) is 29.7 Å². The zero-order chi connectivity index (χ0) is 52.9. The first-order valence-electron chi connectivity index (χ1n) is 25.3. The van der Waals surface area contributed by atoms with E-state index in [1.165, 1.54) is 12.1 Å². The average molecular weight is 1040 g/mol. The summed E-state index contributed by atoms with van der Waals surface area (Å²) in [6.07, 6.45) is 16.1. The summed E-state index contributed by atoms with van der Waals surface area (Å²) in [4.78, 5) is 43.3. The molecule has 0 bridgehead atoms. The van der Waals surface area contributed by atoms with Crippen molar-refractivity contribution < 1.29 is 65.2 Å². The largest absolute Gasteiger partial charge is 0.744 e. The lowest BCUT2D eigenvalue weighted by atomic mass is 9.81. The van der Waals surface area contributed by atoms with Gasteiger partial charge in [-0.3, -0.25) is 9.59 Å². The minimum atomic E-state index is -4.70. The van der Waals surface area contributed by atoms with Crippen LogP contribution in [0.15, 0.2) is 108 Å². The number of ether oxygens (including phenoxy) is 6. The Bertz CT molecular complexity index is 2810. The molecule has 4 aliphatic rings. The van der Waals surface area contributed by atoms with Gasteiger partial charge in [0, 0.05) is 85.5 Å². The molecule has 0 N–H and O–H groups in total. The van der Waals surface area contributed by atoms with Crippen molar-refractivity contribution in [3.8, 4) is 5.75 Å². The number of hydrogen-bond acceptors (Lipinski definition) is 14. The van der Waals surface area contributed by atoms with E-state index < -0.39 is 33.3 Å². The SMILES string of the molecule is COCCOCCOCCOCCOCCN1c2cc3c(cc2C(C)=CC1(C)C)/C(=C/C=C/C=C/C1=[N+](CCCCCC(=O)ON2C(=O)CCC2=O)c2ccc(S(=O)(=O)[O-])cc2C1(C)C)C=C(c1ccccc1)O3. The standard InChI is InChI=1S/C57H69N3O13S/c1-41-40-56(2,3)59(26-27-68-30-31-70-34-35-71-33-32-69-29-28-67-6)49-39-51-46(38-45(41)49)43(36-50(72-51)42-16-10-7-11-17-42)18-12-8-13-19-52-57(4,5)47-37-44(74(64,65)66)21-22-48(47)58(52)25-15-9-14-20-55(63)73-60-53(61)23-24-54(60)62/h7-8,10-13,16-19,21-22,36-40H,9,14-15,20,23-35H2,1-6H3. The van der Waals surface area contributed by atoms with Crippen molar-refractivity contribution in [3.05, 3.63) is 125 Å². The highest BCUT2D eigenvalue weighted by Gasteiger charge is 2.44. The van der Waals surface area contributed by atoms with Gasteiger partial charge in [-0.05, 0) is 82.9 Å². The molecule has 0 aromatic heterocycles. The van der Waals surface area contributed by atoms with Gasteiger partial charge in [0.2, 0.25) is 5.69 Å². The first kappa shape index (κ1) is 55.7. The number of nitrogens with zero attached hydrogens (tertiary/aromatic N) is 3. The molecule has 396 valence electrons. The second kappa shape index (κ2) is 25.5. The van der Waals surface area contributed by atoms with Gasteiger partial charge in [-0.15, -0.1) is 5.06 Å². The van der Waals surface area contributed by atoms with Crippen LogP contribution in [0.2, 0.25) is 0 Å². The fourth-order valence-electron chi connectivity index (χ4n) is 9.57. The maximum atomic E-state index is 12.4. The number of carbonyl (C=O) groups excluding carboxylic acids is 3. The van der Waals surface area contributed by atoms with E-state index in [2.05, 4.69) is 60.6 Å². The van der Waals surface area contributed by atoms with E-state index in [4.69, 9.17) is 33.3 Å². The molecule has 0 saturated carbocycles. The third-order valence-corrected chi connectivity index (χ3v) is 14.2. The van der Waals surface area contributed by atoms with Crippen molar-refractivity contribution in [2.24, 2.45) is 0 Å². The molecule has 16 nitrogen and oxygen atoms in total. The van der Waals surface area contributed by atoms with E-state index in [1.54, 1.807) is 13.2 Å². The van der Waals surface area contributed by atoms with Crippen molar-refractivity contribution in [1.82, 2.24) is 5.06 Å². The second-order valence-corrected chi connectivity index (χ2v) is 20.8. The van der Waals surface area contributed by atoms with E-state index in [0.29, 0.717) is 102 Å². The number of rotatable bonds is 27. The number of allylic oxidation sites excluding steroid dienone is 8. The number of anilines is 1. The molecule has 0 radical (unpaired) electrons. The Balaban J connectivity index is 1.06. The zero-order valence-corrected chi connectivity index (χ0v) is 44.2. The number of hydroxylamine groups is 2. The summed E-state index contributed by atoms with van der Waals surface area (Å²) >= 11 is 0. The van der Waals surface area contributed by atoms with E-state index >= 15 is 0 Å². The van der Waals surface area contributed by atoms with Crippen molar-refractivity contribution in [2.45, 2.75) is 89.0 Å². The summed E-state index contributed by atoms with van der Waals surface area (Å²) < 4.78 is 73.0. The van der Waals surface area contributed by atoms with Gasteiger partial charge in [0.25, 0.3) is 11.8 Å². The van der Waals surface area contributed by atoms with E-state index in [1.807, 2.05) is 68.5 Å². The van der Waals surface area contributed by atoms with Crippen LogP contribution in [0, 0.1) is 0 Å². The van der Waals surface area contributed by atoms with Crippen molar-refractivity contribution >= 4 is 61.9 Å². The molecule has 0 atom stereocenters. The van der Waals surface area contributed by atoms with Crippen molar-refractivity contribution in [1.29, 1.82) is 0 Å². The molecular weight excluding hydrogens is 967 g/mol. The maximum absolute atomic E-state index is 12.4. The lowest BCUT2D eigenvalue weighted by Gasteiger charge is -2.44. The number of benzene rings is 3. The molecule has 74 heavy (non-hydrogen) atoms. The number of amides is 2. The number of methoxy groups -OCH3 is 1.